The first kappa shape index (κ1) is 20.4. The van der Waals surface area contributed by atoms with E-state index in [1.807, 2.05) is 34.9 Å². The van der Waals surface area contributed by atoms with Crippen LogP contribution in [0.25, 0.3) is 0 Å². The zero-order chi connectivity index (χ0) is 21.4. The van der Waals surface area contributed by atoms with Crippen LogP contribution in [0.2, 0.25) is 0 Å². The average Bonchev–Trinajstić information content (AvgIpc) is 3.24. The minimum Gasteiger partial charge on any atom is -0.454 e. The van der Waals surface area contributed by atoms with Gasteiger partial charge >= 0.3 is 0 Å². The molecule has 0 unspecified atom stereocenters. The molecular weight excluding hydrogens is 434 g/mol. The zero-order valence-corrected chi connectivity index (χ0v) is 18.5. The lowest BCUT2D eigenvalue weighted by Gasteiger charge is -2.43. The predicted molar refractivity (Wildman–Crippen MR) is 123 cm³/mol. The number of nitrogens with zero attached hydrogens (tertiary/aromatic N) is 2. The van der Waals surface area contributed by atoms with Gasteiger partial charge in [0.25, 0.3) is 5.56 Å². The summed E-state index contributed by atoms with van der Waals surface area (Å²) in [6, 6.07) is 11.2. The quantitative estimate of drug-likeness (QED) is 0.707. The fourth-order valence-corrected chi connectivity index (χ4v) is 5.58. The van der Waals surface area contributed by atoms with Crippen LogP contribution in [0.3, 0.4) is 0 Å². The highest BCUT2D eigenvalue weighted by Gasteiger charge is 2.35. The number of rotatable bonds is 4. The summed E-state index contributed by atoms with van der Waals surface area (Å²) in [4.78, 5) is 26.7. The number of aromatic nitrogens is 1. The van der Waals surface area contributed by atoms with Crippen molar-refractivity contribution in [3.8, 4) is 11.5 Å². The molecule has 1 amide bonds. The van der Waals surface area contributed by atoms with Crippen molar-refractivity contribution in [2.75, 3.05) is 25.6 Å². The van der Waals surface area contributed by atoms with E-state index in [0.717, 1.165) is 47.4 Å². The number of thiocarbonyl (C=S) groups is 1. The highest BCUT2D eigenvalue weighted by atomic mass is 32.2. The average molecular weight is 458 g/mol. The van der Waals surface area contributed by atoms with E-state index in [2.05, 4.69) is 10.2 Å². The molecule has 1 aromatic carbocycles. The lowest BCUT2D eigenvalue weighted by molar-refractivity contribution is -0.118. The summed E-state index contributed by atoms with van der Waals surface area (Å²) in [6.07, 6.45) is 1.09. The van der Waals surface area contributed by atoms with Crippen LogP contribution in [-0.4, -0.2) is 45.3 Å². The van der Waals surface area contributed by atoms with Gasteiger partial charge in [0.15, 0.2) is 11.5 Å². The van der Waals surface area contributed by atoms with Crippen molar-refractivity contribution in [2.24, 2.45) is 5.92 Å². The Bertz CT molecular complexity index is 1090. The molecule has 162 valence electrons. The topological polar surface area (TPSA) is 72.8 Å². The van der Waals surface area contributed by atoms with Gasteiger partial charge in [-0.05, 0) is 36.1 Å². The largest absolute Gasteiger partial charge is 0.454 e. The standard InChI is InChI=1S/C22H23N3O4S2/c26-20(23-8-14-4-5-18-19(7-14)29-13-28-18)12-31-22(30)24-9-15-6-16(11-24)17-2-1-3-21(27)25(17)10-15/h1-5,7,15-16H,6,8-13H2,(H,23,26)/t15-,16-/m0/s1. The van der Waals surface area contributed by atoms with E-state index in [1.54, 1.807) is 6.07 Å². The summed E-state index contributed by atoms with van der Waals surface area (Å²) < 4.78 is 13.3. The predicted octanol–water partition coefficient (Wildman–Crippen LogP) is 2.33. The minimum absolute atomic E-state index is 0.0564. The lowest BCUT2D eigenvalue weighted by atomic mass is 9.83. The number of thioether (sulfide) groups is 1. The molecule has 5 rings (SSSR count). The molecule has 2 bridgehead atoms. The van der Waals surface area contributed by atoms with Crippen LogP contribution in [0.4, 0.5) is 0 Å². The number of likely N-dealkylation sites (tertiary alicyclic amines) is 1. The Kier molecular flexibility index (Phi) is 5.62. The van der Waals surface area contributed by atoms with Crippen molar-refractivity contribution in [3.05, 3.63) is 58.0 Å². The van der Waals surface area contributed by atoms with E-state index in [1.165, 1.54) is 11.8 Å². The molecule has 2 atom stereocenters. The molecule has 3 aliphatic heterocycles. The summed E-state index contributed by atoms with van der Waals surface area (Å²) in [5.41, 5.74) is 2.14. The van der Waals surface area contributed by atoms with Gasteiger partial charge in [-0.2, -0.15) is 0 Å². The van der Waals surface area contributed by atoms with Crippen molar-refractivity contribution in [1.82, 2.24) is 14.8 Å². The maximum atomic E-state index is 12.3. The zero-order valence-electron chi connectivity index (χ0n) is 16.9. The molecule has 1 aromatic heterocycles. The summed E-state index contributed by atoms with van der Waals surface area (Å²) in [5.74, 6) is 2.38. The number of nitrogens with one attached hydrogen (secondary N) is 1. The van der Waals surface area contributed by atoms with Crippen LogP contribution in [-0.2, 0) is 17.9 Å². The second-order valence-corrected chi connectivity index (χ2v) is 9.73. The molecule has 0 saturated carbocycles. The summed E-state index contributed by atoms with van der Waals surface area (Å²) in [5, 5.41) is 2.94. The number of carbonyl (C=O) groups is 1. The Balaban J connectivity index is 1.12. The van der Waals surface area contributed by atoms with Crippen LogP contribution in [0, 0.1) is 5.92 Å². The fourth-order valence-electron chi connectivity index (χ4n) is 4.57. The highest BCUT2D eigenvalue weighted by molar-refractivity contribution is 8.23. The monoisotopic (exact) mass is 457 g/mol. The normalized spacial score (nSPS) is 20.8. The van der Waals surface area contributed by atoms with Crippen molar-refractivity contribution >= 4 is 34.2 Å². The molecule has 4 heterocycles. The van der Waals surface area contributed by atoms with Gasteiger partial charge in [0.1, 0.15) is 4.32 Å². The molecule has 3 aliphatic rings. The number of pyridine rings is 1. The van der Waals surface area contributed by atoms with Crippen LogP contribution in [0.1, 0.15) is 23.6 Å². The maximum Gasteiger partial charge on any atom is 0.250 e. The first-order valence-corrected chi connectivity index (χ1v) is 11.7. The Morgan fingerprint density at radius 1 is 1.16 bits per heavy atom. The van der Waals surface area contributed by atoms with Crippen LogP contribution < -0.4 is 20.3 Å². The van der Waals surface area contributed by atoms with Gasteiger partial charge in [-0.3, -0.25) is 9.59 Å². The third-order valence-corrected chi connectivity index (χ3v) is 7.51. The van der Waals surface area contributed by atoms with Crippen molar-refractivity contribution in [1.29, 1.82) is 0 Å². The van der Waals surface area contributed by atoms with Crippen molar-refractivity contribution in [3.63, 3.8) is 0 Å². The molecule has 9 heteroatoms. The number of benzene rings is 1. The SMILES string of the molecule is O=C(CSC(=S)N1C[C@@H]2C[C@@H](C1)c1cccc(=O)n1C2)NCc1ccc2c(c1)OCO2. The molecule has 31 heavy (non-hydrogen) atoms. The molecule has 2 aromatic rings. The third-order valence-electron chi connectivity index (χ3n) is 5.99. The van der Waals surface area contributed by atoms with Crippen LogP contribution in [0.15, 0.2) is 41.2 Å². The van der Waals surface area contributed by atoms with Gasteiger partial charge in [0, 0.05) is 43.9 Å². The number of piperidine rings is 1. The summed E-state index contributed by atoms with van der Waals surface area (Å²) in [6.45, 7) is 3.04. The molecule has 0 spiro atoms. The maximum absolute atomic E-state index is 12.3. The Morgan fingerprint density at radius 3 is 2.94 bits per heavy atom. The van der Waals surface area contributed by atoms with E-state index in [-0.39, 0.29) is 24.0 Å². The van der Waals surface area contributed by atoms with Gasteiger partial charge in [0.2, 0.25) is 12.7 Å². The molecule has 0 radical (unpaired) electrons. The minimum atomic E-state index is -0.0564. The van der Waals surface area contributed by atoms with E-state index >= 15 is 0 Å². The summed E-state index contributed by atoms with van der Waals surface area (Å²) in [7, 11) is 0. The number of fused-ring (bicyclic) bond motifs is 5. The highest BCUT2D eigenvalue weighted by Crippen LogP contribution is 2.36. The van der Waals surface area contributed by atoms with Gasteiger partial charge in [-0.1, -0.05) is 36.1 Å². The molecule has 1 fully saturated rings. The fraction of sp³-hybridized carbons (Fsp3) is 0.409. The second kappa shape index (κ2) is 8.55. The molecular formula is C22H23N3O4S2. The Morgan fingerprint density at radius 2 is 2.03 bits per heavy atom. The second-order valence-electron chi connectivity index (χ2n) is 8.12. The lowest BCUT2D eigenvalue weighted by Crippen LogP contribution is -2.48. The van der Waals surface area contributed by atoms with Gasteiger partial charge in [-0.15, -0.1) is 0 Å². The Hall–Kier alpha value is -2.52. The van der Waals surface area contributed by atoms with Gasteiger partial charge in [-0.25, -0.2) is 0 Å². The smallest absolute Gasteiger partial charge is 0.250 e. The first-order valence-electron chi connectivity index (χ1n) is 10.3. The van der Waals surface area contributed by atoms with E-state index < -0.39 is 0 Å². The van der Waals surface area contributed by atoms with Gasteiger partial charge < -0.3 is 24.3 Å². The molecule has 1 N–H and O–H groups in total. The number of ether oxygens (including phenoxy) is 2. The van der Waals surface area contributed by atoms with Crippen LogP contribution in [0.5, 0.6) is 11.5 Å². The van der Waals surface area contributed by atoms with Crippen LogP contribution >= 0.6 is 24.0 Å². The van der Waals surface area contributed by atoms with E-state index in [9.17, 15) is 9.59 Å². The third kappa shape index (κ3) is 4.29. The molecule has 7 nitrogen and oxygen atoms in total. The number of hydrogen-bond donors (Lipinski definition) is 1. The molecule has 0 aliphatic carbocycles. The molecule has 1 saturated heterocycles. The summed E-state index contributed by atoms with van der Waals surface area (Å²) >= 11 is 7.04. The Labute approximate surface area is 189 Å². The number of amides is 1. The van der Waals surface area contributed by atoms with E-state index in [4.69, 9.17) is 21.7 Å². The number of carbonyl (C=O) groups excluding carboxylic acids is 1. The van der Waals surface area contributed by atoms with Crippen molar-refractivity contribution < 1.29 is 14.3 Å². The van der Waals surface area contributed by atoms with E-state index in [0.29, 0.717) is 24.1 Å². The van der Waals surface area contributed by atoms with Crippen molar-refractivity contribution in [2.45, 2.75) is 25.4 Å². The van der Waals surface area contributed by atoms with Gasteiger partial charge in [0.05, 0.1) is 5.75 Å². The number of hydrogen-bond acceptors (Lipinski definition) is 6. The first-order chi connectivity index (χ1) is 15.1.